The number of nitrogens with zero attached hydrogens (tertiary/aromatic N) is 3. The van der Waals surface area contributed by atoms with Crippen LogP contribution in [0.25, 0.3) is 16.2 Å². The van der Waals surface area contributed by atoms with Crippen LogP contribution in [0.2, 0.25) is 0 Å². The van der Waals surface area contributed by atoms with Crippen molar-refractivity contribution < 1.29 is 9.84 Å². The third-order valence-electron chi connectivity index (χ3n) is 4.13. The van der Waals surface area contributed by atoms with Gasteiger partial charge in [0.05, 0.1) is 11.9 Å². The van der Waals surface area contributed by atoms with E-state index in [-0.39, 0.29) is 5.75 Å². The van der Waals surface area contributed by atoms with Gasteiger partial charge in [-0.15, -0.1) is 5.10 Å². The molecule has 23 heavy (non-hydrogen) atoms. The van der Waals surface area contributed by atoms with Crippen LogP contribution in [0.1, 0.15) is 12.8 Å². The summed E-state index contributed by atoms with van der Waals surface area (Å²) in [6.07, 6.45) is 4.02. The highest BCUT2D eigenvalue weighted by molar-refractivity contribution is 7.20. The van der Waals surface area contributed by atoms with Crippen LogP contribution in [0.4, 0.5) is 5.13 Å². The van der Waals surface area contributed by atoms with Crippen molar-refractivity contribution in [2.75, 3.05) is 25.1 Å². The predicted octanol–water partition coefficient (Wildman–Crippen LogP) is 3.00. The van der Waals surface area contributed by atoms with Crippen molar-refractivity contribution >= 4 is 21.4 Å². The first kappa shape index (κ1) is 14.5. The lowest BCUT2D eigenvalue weighted by Gasteiger charge is -2.21. The second-order valence-corrected chi connectivity index (χ2v) is 6.68. The van der Waals surface area contributed by atoms with Crippen molar-refractivity contribution in [1.29, 1.82) is 0 Å². The molecule has 120 valence electrons. The molecular formula is C16H18N4O2S. The molecule has 1 fully saturated rings. The van der Waals surface area contributed by atoms with Crippen LogP contribution < -0.4 is 5.32 Å². The van der Waals surface area contributed by atoms with Crippen LogP contribution in [0.5, 0.6) is 5.75 Å². The van der Waals surface area contributed by atoms with Crippen molar-refractivity contribution in [3.63, 3.8) is 0 Å². The zero-order chi connectivity index (χ0) is 15.6. The molecule has 0 atom stereocenters. The second-order valence-electron chi connectivity index (χ2n) is 5.73. The molecule has 1 aliphatic heterocycles. The summed E-state index contributed by atoms with van der Waals surface area (Å²) in [7, 11) is 0. The fourth-order valence-corrected chi connectivity index (χ4v) is 3.56. The van der Waals surface area contributed by atoms with E-state index in [1.54, 1.807) is 23.5 Å². The monoisotopic (exact) mass is 330 g/mol. The number of rotatable bonds is 4. The lowest BCUT2D eigenvalue weighted by molar-refractivity contribution is 0.0699. The van der Waals surface area contributed by atoms with E-state index in [4.69, 9.17) is 4.74 Å². The molecule has 0 saturated carbocycles. The Morgan fingerprint density at radius 1 is 1.26 bits per heavy atom. The molecule has 1 aliphatic rings. The van der Waals surface area contributed by atoms with E-state index >= 15 is 0 Å². The molecule has 3 heterocycles. The first-order valence-corrected chi connectivity index (χ1v) is 8.57. The number of imidazole rings is 1. The van der Waals surface area contributed by atoms with Crippen LogP contribution in [0, 0.1) is 5.92 Å². The normalized spacial score (nSPS) is 16.0. The van der Waals surface area contributed by atoms with E-state index in [1.165, 1.54) is 0 Å². The molecule has 3 aromatic rings. The van der Waals surface area contributed by atoms with Crippen LogP contribution >= 0.6 is 11.3 Å². The Kier molecular flexibility index (Phi) is 3.88. The molecule has 0 spiro atoms. The zero-order valence-electron chi connectivity index (χ0n) is 12.6. The number of benzene rings is 1. The number of hydrogen-bond donors (Lipinski definition) is 2. The van der Waals surface area contributed by atoms with Gasteiger partial charge in [0.25, 0.3) is 0 Å². The number of aromatic nitrogens is 3. The van der Waals surface area contributed by atoms with Gasteiger partial charge in [-0.05, 0) is 43.0 Å². The number of phenolic OH excluding ortho intramolecular Hbond substituents is 1. The van der Waals surface area contributed by atoms with E-state index in [2.05, 4.69) is 15.4 Å². The van der Waals surface area contributed by atoms with Crippen molar-refractivity contribution in [3.05, 3.63) is 30.5 Å². The molecule has 1 saturated heterocycles. The Morgan fingerprint density at radius 3 is 2.83 bits per heavy atom. The molecule has 0 unspecified atom stereocenters. The Morgan fingerprint density at radius 2 is 2.04 bits per heavy atom. The van der Waals surface area contributed by atoms with Gasteiger partial charge in [0, 0.05) is 25.3 Å². The largest absolute Gasteiger partial charge is 0.508 e. The van der Waals surface area contributed by atoms with Crippen molar-refractivity contribution in [1.82, 2.24) is 14.6 Å². The number of aromatic hydroxyl groups is 1. The van der Waals surface area contributed by atoms with Crippen LogP contribution in [-0.4, -0.2) is 39.5 Å². The van der Waals surface area contributed by atoms with Gasteiger partial charge in [-0.1, -0.05) is 11.3 Å². The van der Waals surface area contributed by atoms with E-state index < -0.39 is 0 Å². The van der Waals surface area contributed by atoms with Gasteiger partial charge in [-0.25, -0.2) is 9.50 Å². The summed E-state index contributed by atoms with van der Waals surface area (Å²) in [5.41, 5.74) is 1.91. The second kappa shape index (κ2) is 6.17. The zero-order valence-corrected chi connectivity index (χ0v) is 13.4. The van der Waals surface area contributed by atoms with Gasteiger partial charge < -0.3 is 15.2 Å². The van der Waals surface area contributed by atoms with Gasteiger partial charge in [0.2, 0.25) is 10.1 Å². The summed E-state index contributed by atoms with van der Waals surface area (Å²) >= 11 is 1.55. The lowest BCUT2D eigenvalue weighted by atomic mass is 10.0. The minimum absolute atomic E-state index is 0.256. The standard InChI is InChI=1S/C16H18N4O2S/c21-13-3-1-12(2-4-13)14-10-18-16-20(14)19-15(23-16)17-9-11-5-7-22-8-6-11/h1-4,10-11,21H,5-9H2,(H,17,19). The van der Waals surface area contributed by atoms with E-state index in [0.717, 1.165) is 53.9 Å². The number of hydrogen-bond acceptors (Lipinski definition) is 6. The molecule has 7 heteroatoms. The average Bonchev–Trinajstić information content (AvgIpc) is 3.15. The molecule has 0 radical (unpaired) electrons. The van der Waals surface area contributed by atoms with Gasteiger partial charge in [-0.2, -0.15) is 0 Å². The molecule has 0 bridgehead atoms. The Labute approximate surface area is 137 Å². The maximum atomic E-state index is 9.41. The van der Waals surface area contributed by atoms with Crippen LogP contribution in [-0.2, 0) is 4.74 Å². The quantitative estimate of drug-likeness (QED) is 0.769. The van der Waals surface area contributed by atoms with Gasteiger partial charge in [0.15, 0.2) is 0 Å². The topological polar surface area (TPSA) is 71.7 Å². The number of nitrogens with one attached hydrogen (secondary N) is 1. The highest BCUT2D eigenvalue weighted by atomic mass is 32.1. The third kappa shape index (κ3) is 3.02. The predicted molar refractivity (Wildman–Crippen MR) is 90.0 cm³/mol. The number of phenols is 1. The number of ether oxygens (including phenoxy) is 1. The first-order chi connectivity index (χ1) is 11.3. The summed E-state index contributed by atoms with van der Waals surface area (Å²) < 4.78 is 7.24. The lowest BCUT2D eigenvalue weighted by Crippen LogP contribution is -2.22. The first-order valence-electron chi connectivity index (χ1n) is 7.75. The van der Waals surface area contributed by atoms with Crippen LogP contribution in [0.15, 0.2) is 30.5 Å². The molecule has 1 aromatic carbocycles. The molecule has 2 aromatic heterocycles. The Balaban J connectivity index is 1.53. The number of fused-ring (bicyclic) bond motifs is 1. The van der Waals surface area contributed by atoms with Gasteiger partial charge in [-0.3, -0.25) is 0 Å². The van der Waals surface area contributed by atoms with Crippen molar-refractivity contribution in [2.45, 2.75) is 12.8 Å². The van der Waals surface area contributed by atoms with Crippen molar-refractivity contribution in [3.8, 4) is 17.0 Å². The third-order valence-corrected chi connectivity index (χ3v) is 5.01. The average molecular weight is 330 g/mol. The fraction of sp³-hybridized carbons (Fsp3) is 0.375. The molecule has 0 amide bonds. The summed E-state index contributed by atoms with van der Waals surface area (Å²) in [5, 5.41) is 18.4. The maximum Gasteiger partial charge on any atom is 0.214 e. The smallest absolute Gasteiger partial charge is 0.214 e. The molecule has 4 rings (SSSR count). The van der Waals surface area contributed by atoms with Crippen LogP contribution in [0.3, 0.4) is 0 Å². The van der Waals surface area contributed by atoms with Gasteiger partial charge >= 0.3 is 0 Å². The highest BCUT2D eigenvalue weighted by Gasteiger charge is 2.15. The summed E-state index contributed by atoms with van der Waals surface area (Å²) in [5.74, 6) is 0.906. The summed E-state index contributed by atoms with van der Waals surface area (Å²) in [6, 6.07) is 7.08. The minimum atomic E-state index is 0.256. The highest BCUT2D eigenvalue weighted by Crippen LogP contribution is 2.27. The van der Waals surface area contributed by atoms with E-state index in [9.17, 15) is 5.11 Å². The minimum Gasteiger partial charge on any atom is -0.508 e. The van der Waals surface area contributed by atoms with Crippen molar-refractivity contribution in [2.24, 2.45) is 5.92 Å². The fourth-order valence-electron chi connectivity index (χ4n) is 2.78. The maximum absolute atomic E-state index is 9.41. The molecule has 6 nitrogen and oxygen atoms in total. The molecular weight excluding hydrogens is 312 g/mol. The number of anilines is 1. The van der Waals surface area contributed by atoms with E-state index in [0.29, 0.717) is 5.92 Å². The summed E-state index contributed by atoms with van der Waals surface area (Å²) in [4.78, 5) is 5.29. The summed E-state index contributed by atoms with van der Waals surface area (Å²) in [6.45, 7) is 2.64. The Bertz CT molecular complexity index is 790. The SMILES string of the molecule is Oc1ccc(-c2cnc3sc(NCC4CCOCC4)nn23)cc1. The molecule has 2 N–H and O–H groups in total. The molecule has 0 aliphatic carbocycles. The van der Waals surface area contributed by atoms with E-state index in [1.807, 2.05) is 22.8 Å². The Hall–Kier alpha value is -2.12. The van der Waals surface area contributed by atoms with Gasteiger partial charge in [0.1, 0.15) is 5.75 Å².